The number of rotatable bonds is 4. The van der Waals surface area contributed by atoms with Gasteiger partial charge in [-0.1, -0.05) is 0 Å². The summed E-state index contributed by atoms with van der Waals surface area (Å²) >= 11 is 0. The zero-order chi connectivity index (χ0) is 21.5. The Morgan fingerprint density at radius 2 is 1.90 bits per heavy atom. The molecule has 1 saturated carbocycles. The Kier molecular flexibility index (Phi) is 5.69. The molecule has 0 aromatic heterocycles. The Morgan fingerprint density at radius 1 is 1.17 bits per heavy atom. The van der Waals surface area contributed by atoms with Crippen LogP contribution in [-0.2, 0) is 14.8 Å². The molecule has 3 fully saturated rings. The van der Waals surface area contributed by atoms with Crippen LogP contribution in [0.2, 0.25) is 0 Å². The fraction of sp³-hybridized carbons (Fsp3) is 0.667. The van der Waals surface area contributed by atoms with Crippen molar-refractivity contribution in [1.29, 1.82) is 0 Å². The van der Waals surface area contributed by atoms with Gasteiger partial charge in [0.05, 0.1) is 29.1 Å². The predicted molar refractivity (Wildman–Crippen MR) is 113 cm³/mol. The van der Waals surface area contributed by atoms with Crippen LogP contribution < -0.4 is 9.62 Å². The normalized spacial score (nSPS) is 30.2. The molecule has 30 heavy (non-hydrogen) atoms. The third-order valence-electron chi connectivity index (χ3n) is 6.82. The van der Waals surface area contributed by atoms with Gasteiger partial charge in [-0.2, -0.15) is 0 Å². The van der Waals surface area contributed by atoms with E-state index in [2.05, 4.69) is 4.72 Å². The van der Waals surface area contributed by atoms with E-state index in [0.29, 0.717) is 18.8 Å². The lowest BCUT2D eigenvalue weighted by atomic mass is 9.78. The first-order chi connectivity index (χ1) is 14.2. The van der Waals surface area contributed by atoms with Crippen molar-refractivity contribution in [3.05, 3.63) is 24.0 Å². The van der Waals surface area contributed by atoms with Crippen molar-refractivity contribution in [2.24, 2.45) is 5.41 Å². The number of anilines is 2. The number of halogens is 1. The summed E-state index contributed by atoms with van der Waals surface area (Å²) in [7, 11) is -3.47. The zero-order valence-corrected chi connectivity index (χ0v) is 18.1. The lowest BCUT2D eigenvalue weighted by Crippen LogP contribution is -2.50. The van der Waals surface area contributed by atoms with Crippen LogP contribution in [0, 0.1) is 11.2 Å². The molecule has 2 heterocycles. The highest BCUT2D eigenvalue weighted by Crippen LogP contribution is 2.43. The Balaban J connectivity index is 1.49. The summed E-state index contributed by atoms with van der Waals surface area (Å²) in [5, 5.41) is 9.76. The molecular formula is C21H30FN3O4S. The third-order valence-corrected chi connectivity index (χ3v) is 7.43. The van der Waals surface area contributed by atoms with Gasteiger partial charge in [-0.3, -0.25) is 9.52 Å². The average molecular weight is 440 g/mol. The second-order valence-corrected chi connectivity index (χ2v) is 10.8. The van der Waals surface area contributed by atoms with Gasteiger partial charge in [-0.25, -0.2) is 12.8 Å². The minimum atomic E-state index is -3.47. The summed E-state index contributed by atoms with van der Waals surface area (Å²) in [5.74, 6) is -0.325. The highest BCUT2D eigenvalue weighted by atomic mass is 32.2. The number of hydrogen-bond acceptors (Lipinski definition) is 5. The lowest BCUT2D eigenvalue weighted by molar-refractivity contribution is -0.139. The van der Waals surface area contributed by atoms with E-state index in [-0.39, 0.29) is 23.7 Å². The van der Waals surface area contributed by atoms with E-state index in [0.717, 1.165) is 57.7 Å². The number of likely N-dealkylation sites (tertiary alicyclic amines) is 1. The lowest BCUT2D eigenvalue weighted by Gasteiger charge is -2.41. The minimum absolute atomic E-state index is 0.171. The fourth-order valence-corrected chi connectivity index (χ4v) is 5.88. The van der Waals surface area contributed by atoms with E-state index in [1.807, 2.05) is 9.80 Å². The van der Waals surface area contributed by atoms with Gasteiger partial charge in [-0.15, -0.1) is 0 Å². The number of aliphatic hydroxyl groups excluding tert-OH is 1. The van der Waals surface area contributed by atoms with Crippen molar-refractivity contribution in [1.82, 2.24) is 4.90 Å². The molecule has 0 bridgehead atoms. The van der Waals surface area contributed by atoms with Crippen molar-refractivity contribution in [3.63, 3.8) is 0 Å². The molecule has 7 nitrogen and oxygen atoms in total. The van der Waals surface area contributed by atoms with E-state index < -0.39 is 21.3 Å². The van der Waals surface area contributed by atoms with Gasteiger partial charge in [0.25, 0.3) is 0 Å². The zero-order valence-electron chi connectivity index (χ0n) is 17.3. The molecule has 1 aliphatic carbocycles. The van der Waals surface area contributed by atoms with Gasteiger partial charge < -0.3 is 14.9 Å². The topological polar surface area (TPSA) is 90.0 Å². The van der Waals surface area contributed by atoms with E-state index in [4.69, 9.17) is 0 Å². The van der Waals surface area contributed by atoms with Crippen molar-refractivity contribution >= 4 is 27.3 Å². The standard InChI is InChI=1S/C21H30FN3O4S/c1-30(28,29)23-15-3-8-19(18(22)13-15)24-11-2-9-21(14-24)10-12-25(20(21)27)16-4-6-17(26)7-5-16/h3,8,13,16-17,23,26H,2,4-7,9-12,14H2,1H3/t16?,17?,21-/m0/s1. The Morgan fingerprint density at radius 3 is 2.57 bits per heavy atom. The largest absolute Gasteiger partial charge is 0.393 e. The van der Waals surface area contributed by atoms with Crippen molar-refractivity contribution < 1.29 is 22.7 Å². The molecular weight excluding hydrogens is 409 g/mol. The summed E-state index contributed by atoms with van der Waals surface area (Å²) in [6, 6.07) is 4.53. The highest BCUT2D eigenvalue weighted by Gasteiger charge is 2.50. The van der Waals surface area contributed by atoms with Crippen molar-refractivity contribution in [2.45, 2.75) is 57.1 Å². The van der Waals surface area contributed by atoms with Gasteiger partial charge in [-0.05, 0) is 57.1 Å². The molecule has 166 valence electrons. The summed E-state index contributed by atoms with van der Waals surface area (Å²) in [6.45, 7) is 1.88. The number of sulfonamides is 1. The predicted octanol–water partition coefficient (Wildman–Crippen LogP) is 2.32. The maximum absolute atomic E-state index is 14.8. The van der Waals surface area contributed by atoms with Gasteiger partial charge in [0.1, 0.15) is 5.82 Å². The van der Waals surface area contributed by atoms with Gasteiger partial charge in [0.2, 0.25) is 15.9 Å². The summed E-state index contributed by atoms with van der Waals surface area (Å²) in [4.78, 5) is 17.3. The number of carbonyl (C=O) groups is 1. The molecule has 2 saturated heterocycles. The number of benzene rings is 1. The number of carbonyl (C=O) groups excluding carboxylic acids is 1. The van der Waals surface area contributed by atoms with Gasteiger partial charge in [0, 0.05) is 31.7 Å². The molecule has 0 unspecified atom stereocenters. The first kappa shape index (κ1) is 21.4. The smallest absolute Gasteiger partial charge is 0.230 e. The highest BCUT2D eigenvalue weighted by molar-refractivity contribution is 7.92. The van der Waals surface area contributed by atoms with Crippen LogP contribution in [-0.4, -0.2) is 62.4 Å². The first-order valence-corrected chi connectivity index (χ1v) is 12.6. The molecule has 3 aliphatic rings. The first-order valence-electron chi connectivity index (χ1n) is 10.7. The van der Waals surface area contributed by atoms with Crippen molar-refractivity contribution in [3.8, 4) is 0 Å². The molecule has 9 heteroatoms. The summed E-state index contributed by atoms with van der Waals surface area (Å²) in [6.07, 6.45) is 6.34. The van der Waals surface area contributed by atoms with Gasteiger partial charge in [0.15, 0.2) is 0 Å². The maximum atomic E-state index is 14.8. The number of amides is 1. The van der Waals surface area contributed by atoms with Crippen LogP contribution in [0.25, 0.3) is 0 Å². The molecule has 1 aromatic carbocycles. The van der Waals surface area contributed by atoms with Gasteiger partial charge >= 0.3 is 0 Å². The monoisotopic (exact) mass is 439 g/mol. The Hall–Kier alpha value is -1.87. The van der Waals surface area contributed by atoms with Crippen LogP contribution in [0.15, 0.2) is 18.2 Å². The van der Waals surface area contributed by atoms with Crippen LogP contribution in [0.1, 0.15) is 44.9 Å². The number of hydrogen-bond donors (Lipinski definition) is 2. The SMILES string of the molecule is CS(=O)(=O)Nc1ccc(N2CCC[C@]3(CCN(C4CCC(O)CC4)C3=O)C2)c(F)c1. The number of piperidine rings is 1. The molecule has 1 aromatic rings. The quantitative estimate of drug-likeness (QED) is 0.752. The number of nitrogens with one attached hydrogen (secondary N) is 1. The number of nitrogens with zero attached hydrogens (tertiary/aromatic N) is 2. The van der Waals surface area contributed by atoms with E-state index >= 15 is 0 Å². The van der Waals surface area contributed by atoms with Crippen LogP contribution >= 0.6 is 0 Å². The second-order valence-electron chi connectivity index (χ2n) is 9.06. The van der Waals surface area contributed by atoms with Crippen LogP contribution in [0.4, 0.5) is 15.8 Å². The maximum Gasteiger partial charge on any atom is 0.230 e. The van der Waals surface area contributed by atoms with Crippen LogP contribution in [0.3, 0.4) is 0 Å². The Bertz CT molecular complexity index is 917. The van der Waals surface area contributed by atoms with Crippen LogP contribution in [0.5, 0.6) is 0 Å². The molecule has 1 spiro atoms. The molecule has 2 aliphatic heterocycles. The van der Waals surface area contributed by atoms with E-state index in [1.54, 1.807) is 12.1 Å². The molecule has 1 amide bonds. The minimum Gasteiger partial charge on any atom is -0.393 e. The molecule has 1 atom stereocenters. The van der Waals surface area contributed by atoms with E-state index in [9.17, 15) is 22.7 Å². The Labute approximate surface area is 177 Å². The average Bonchev–Trinajstić information content (AvgIpc) is 2.97. The molecule has 2 N–H and O–H groups in total. The summed E-state index contributed by atoms with van der Waals surface area (Å²) in [5.41, 5.74) is 0.109. The number of aliphatic hydroxyl groups is 1. The third kappa shape index (κ3) is 4.27. The molecule has 0 radical (unpaired) electrons. The fourth-order valence-electron chi connectivity index (χ4n) is 5.32. The summed E-state index contributed by atoms with van der Waals surface area (Å²) < 4.78 is 39.8. The van der Waals surface area contributed by atoms with E-state index in [1.165, 1.54) is 6.07 Å². The molecule has 4 rings (SSSR count). The second kappa shape index (κ2) is 8.00. The van der Waals surface area contributed by atoms with Crippen molar-refractivity contribution in [2.75, 3.05) is 35.5 Å².